The minimum atomic E-state index is 0.178. The van der Waals surface area contributed by atoms with Crippen molar-refractivity contribution in [2.75, 3.05) is 20.1 Å². The van der Waals surface area contributed by atoms with Gasteiger partial charge in [0, 0.05) is 39.2 Å². The van der Waals surface area contributed by atoms with Gasteiger partial charge in [-0.1, -0.05) is 0 Å². The standard InChI is InChI=1S/C8H14N2O/c1-7(11)10-4-3-8(6-10)5-9-2/h5,8H,3-4,6H2,1-2H3/t8-/m1/s1. The van der Waals surface area contributed by atoms with Crippen molar-refractivity contribution in [1.82, 2.24) is 4.90 Å². The van der Waals surface area contributed by atoms with E-state index in [1.807, 2.05) is 11.1 Å². The highest BCUT2D eigenvalue weighted by Crippen LogP contribution is 2.13. The minimum Gasteiger partial charge on any atom is -0.342 e. The summed E-state index contributed by atoms with van der Waals surface area (Å²) in [7, 11) is 1.77. The second-order valence-corrected chi connectivity index (χ2v) is 2.92. The summed E-state index contributed by atoms with van der Waals surface area (Å²) in [6, 6.07) is 0. The average Bonchev–Trinajstić information content (AvgIpc) is 2.37. The summed E-state index contributed by atoms with van der Waals surface area (Å²) < 4.78 is 0. The van der Waals surface area contributed by atoms with E-state index < -0.39 is 0 Å². The van der Waals surface area contributed by atoms with Crippen molar-refractivity contribution in [2.45, 2.75) is 13.3 Å². The average molecular weight is 154 g/mol. The zero-order valence-electron chi connectivity index (χ0n) is 7.08. The van der Waals surface area contributed by atoms with Gasteiger partial charge in [0.05, 0.1) is 0 Å². The first kappa shape index (κ1) is 8.24. The Morgan fingerprint density at radius 2 is 2.45 bits per heavy atom. The summed E-state index contributed by atoms with van der Waals surface area (Å²) in [5, 5.41) is 0. The first-order valence-corrected chi connectivity index (χ1v) is 3.92. The van der Waals surface area contributed by atoms with Crippen LogP contribution in [0.3, 0.4) is 0 Å². The molecule has 1 heterocycles. The smallest absolute Gasteiger partial charge is 0.219 e. The molecule has 3 nitrogen and oxygen atoms in total. The SMILES string of the molecule is CN=C[C@H]1CCN(C(C)=O)C1. The highest BCUT2D eigenvalue weighted by Gasteiger charge is 2.21. The quantitative estimate of drug-likeness (QED) is 0.508. The van der Waals surface area contributed by atoms with Gasteiger partial charge in [-0.05, 0) is 6.42 Å². The van der Waals surface area contributed by atoms with Crippen LogP contribution in [-0.2, 0) is 4.79 Å². The van der Waals surface area contributed by atoms with Gasteiger partial charge in [0.25, 0.3) is 0 Å². The molecule has 1 amide bonds. The maximum Gasteiger partial charge on any atom is 0.219 e. The first-order chi connectivity index (χ1) is 5.24. The summed E-state index contributed by atoms with van der Waals surface area (Å²) in [4.78, 5) is 16.7. The van der Waals surface area contributed by atoms with Crippen molar-refractivity contribution in [1.29, 1.82) is 0 Å². The number of carbonyl (C=O) groups excluding carboxylic acids is 1. The molecule has 3 heteroatoms. The number of carbonyl (C=O) groups is 1. The van der Waals surface area contributed by atoms with Crippen molar-refractivity contribution < 1.29 is 4.79 Å². The zero-order chi connectivity index (χ0) is 8.27. The molecule has 0 radical (unpaired) electrons. The highest BCUT2D eigenvalue weighted by atomic mass is 16.2. The largest absolute Gasteiger partial charge is 0.342 e. The van der Waals surface area contributed by atoms with E-state index in [9.17, 15) is 4.79 Å². The van der Waals surface area contributed by atoms with Crippen LogP contribution in [-0.4, -0.2) is 37.2 Å². The molecule has 0 bridgehead atoms. The molecule has 0 saturated carbocycles. The van der Waals surface area contributed by atoms with E-state index in [1.54, 1.807) is 14.0 Å². The Kier molecular flexibility index (Phi) is 2.63. The lowest BCUT2D eigenvalue weighted by Gasteiger charge is -2.11. The summed E-state index contributed by atoms with van der Waals surface area (Å²) in [6.07, 6.45) is 3.00. The van der Waals surface area contributed by atoms with E-state index in [1.165, 1.54) is 0 Å². The van der Waals surface area contributed by atoms with Crippen LogP contribution in [0.5, 0.6) is 0 Å². The topological polar surface area (TPSA) is 32.7 Å². The lowest BCUT2D eigenvalue weighted by atomic mass is 10.1. The number of hydrogen-bond acceptors (Lipinski definition) is 2. The zero-order valence-corrected chi connectivity index (χ0v) is 7.08. The van der Waals surface area contributed by atoms with Gasteiger partial charge >= 0.3 is 0 Å². The molecule has 1 aliphatic heterocycles. The molecule has 0 aromatic rings. The van der Waals surface area contributed by atoms with E-state index in [4.69, 9.17) is 0 Å². The second kappa shape index (κ2) is 3.51. The molecule has 62 valence electrons. The Morgan fingerprint density at radius 1 is 1.73 bits per heavy atom. The van der Waals surface area contributed by atoms with E-state index >= 15 is 0 Å². The number of hydrogen-bond donors (Lipinski definition) is 0. The molecule has 0 unspecified atom stereocenters. The fourth-order valence-corrected chi connectivity index (χ4v) is 1.41. The van der Waals surface area contributed by atoms with Gasteiger partial charge in [-0.25, -0.2) is 0 Å². The summed E-state index contributed by atoms with van der Waals surface area (Å²) in [5.74, 6) is 0.668. The van der Waals surface area contributed by atoms with E-state index in [-0.39, 0.29) is 5.91 Å². The van der Waals surface area contributed by atoms with E-state index in [2.05, 4.69) is 4.99 Å². The third kappa shape index (κ3) is 2.03. The lowest BCUT2D eigenvalue weighted by molar-refractivity contribution is -0.127. The van der Waals surface area contributed by atoms with Gasteiger partial charge in [0.2, 0.25) is 5.91 Å². The van der Waals surface area contributed by atoms with Crippen molar-refractivity contribution in [3.05, 3.63) is 0 Å². The van der Waals surface area contributed by atoms with Crippen LogP contribution in [0.2, 0.25) is 0 Å². The molecule has 1 saturated heterocycles. The van der Waals surface area contributed by atoms with Crippen LogP contribution in [0, 0.1) is 5.92 Å². The number of likely N-dealkylation sites (tertiary alicyclic amines) is 1. The maximum atomic E-state index is 10.9. The molecular formula is C8H14N2O. The third-order valence-corrected chi connectivity index (χ3v) is 2.03. The number of rotatable bonds is 1. The number of aliphatic imine (C=N–C) groups is 1. The fourth-order valence-electron chi connectivity index (χ4n) is 1.41. The van der Waals surface area contributed by atoms with Crippen LogP contribution < -0.4 is 0 Å². The molecule has 1 fully saturated rings. The van der Waals surface area contributed by atoms with Crippen molar-refractivity contribution in [3.8, 4) is 0 Å². The monoisotopic (exact) mass is 154 g/mol. The van der Waals surface area contributed by atoms with E-state index in [0.29, 0.717) is 5.92 Å². The second-order valence-electron chi connectivity index (χ2n) is 2.92. The molecular weight excluding hydrogens is 140 g/mol. The predicted molar refractivity (Wildman–Crippen MR) is 44.8 cm³/mol. The van der Waals surface area contributed by atoms with Crippen molar-refractivity contribution in [3.63, 3.8) is 0 Å². The Morgan fingerprint density at radius 3 is 2.91 bits per heavy atom. The van der Waals surface area contributed by atoms with Crippen LogP contribution in [0.15, 0.2) is 4.99 Å². The van der Waals surface area contributed by atoms with Crippen molar-refractivity contribution >= 4 is 12.1 Å². The third-order valence-electron chi connectivity index (χ3n) is 2.03. The number of nitrogens with zero attached hydrogens (tertiary/aromatic N) is 2. The van der Waals surface area contributed by atoms with E-state index in [0.717, 1.165) is 19.5 Å². The first-order valence-electron chi connectivity index (χ1n) is 3.92. The predicted octanol–water partition coefficient (Wildman–Crippen LogP) is 0.555. The molecule has 1 atom stereocenters. The van der Waals surface area contributed by atoms with Gasteiger partial charge in [-0.2, -0.15) is 0 Å². The Bertz CT molecular complexity index is 177. The van der Waals surface area contributed by atoms with Gasteiger partial charge < -0.3 is 9.89 Å². The van der Waals surface area contributed by atoms with Crippen LogP contribution in [0.25, 0.3) is 0 Å². The molecule has 0 N–H and O–H groups in total. The summed E-state index contributed by atoms with van der Waals surface area (Å²) >= 11 is 0. The van der Waals surface area contributed by atoms with Crippen LogP contribution in [0.1, 0.15) is 13.3 Å². The van der Waals surface area contributed by atoms with Crippen molar-refractivity contribution in [2.24, 2.45) is 10.9 Å². The normalized spacial score (nSPS) is 24.9. The van der Waals surface area contributed by atoms with Gasteiger partial charge in [-0.15, -0.1) is 0 Å². The number of amides is 1. The molecule has 1 aliphatic rings. The fraction of sp³-hybridized carbons (Fsp3) is 0.750. The van der Waals surface area contributed by atoms with Gasteiger partial charge in [-0.3, -0.25) is 4.79 Å². The summed E-state index contributed by atoms with van der Waals surface area (Å²) in [5.41, 5.74) is 0. The van der Waals surface area contributed by atoms with Crippen LogP contribution in [0.4, 0.5) is 0 Å². The molecule has 0 aromatic heterocycles. The Labute approximate surface area is 67.1 Å². The molecule has 0 spiro atoms. The Hall–Kier alpha value is -0.860. The van der Waals surface area contributed by atoms with Gasteiger partial charge in [0.15, 0.2) is 0 Å². The Balaban J connectivity index is 2.40. The minimum absolute atomic E-state index is 0.178. The van der Waals surface area contributed by atoms with Gasteiger partial charge in [0.1, 0.15) is 0 Å². The molecule has 0 aromatic carbocycles. The summed E-state index contributed by atoms with van der Waals surface area (Å²) in [6.45, 7) is 3.37. The maximum absolute atomic E-state index is 10.9. The van der Waals surface area contributed by atoms with Crippen LogP contribution >= 0.6 is 0 Å². The highest BCUT2D eigenvalue weighted by molar-refractivity contribution is 5.74. The molecule has 1 rings (SSSR count). The molecule has 11 heavy (non-hydrogen) atoms. The molecule has 0 aliphatic carbocycles. The lowest BCUT2D eigenvalue weighted by Crippen LogP contribution is -2.25.